The molecule has 1 atom stereocenters. The summed E-state index contributed by atoms with van der Waals surface area (Å²) in [4.78, 5) is 13.0. The highest BCUT2D eigenvalue weighted by atomic mass is 16.2. The topological polar surface area (TPSA) is 44.4 Å². The molecule has 0 aromatic heterocycles. The number of hydrogen-bond donors (Lipinski definition) is 2. The lowest BCUT2D eigenvalue weighted by Crippen LogP contribution is -2.39. The Morgan fingerprint density at radius 2 is 2.43 bits per heavy atom. The molecule has 14 heavy (non-hydrogen) atoms. The van der Waals surface area contributed by atoms with E-state index in [1.165, 1.54) is 12.8 Å². The minimum absolute atomic E-state index is 0.0329. The molecule has 0 unspecified atom stereocenters. The zero-order chi connectivity index (χ0) is 10.4. The first-order valence-corrected chi connectivity index (χ1v) is 5.46. The molecule has 1 fully saturated rings. The molecule has 2 N–H and O–H groups in total. The molecule has 0 spiro atoms. The van der Waals surface area contributed by atoms with Gasteiger partial charge in [-0.05, 0) is 32.7 Å². The molecule has 0 radical (unpaired) electrons. The lowest BCUT2D eigenvalue weighted by atomic mass is 10.1. The van der Waals surface area contributed by atoms with Crippen molar-refractivity contribution in [1.29, 1.82) is 0 Å². The maximum atomic E-state index is 11.3. The van der Waals surface area contributed by atoms with Crippen LogP contribution in [0.5, 0.6) is 0 Å². The van der Waals surface area contributed by atoms with Gasteiger partial charge in [0.25, 0.3) is 0 Å². The third-order valence-electron chi connectivity index (χ3n) is 2.75. The van der Waals surface area contributed by atoms with Crippen molar-refractivity contribution < 1.29 is 4.79 Å². The molecule has 1 heterocycles. The van der Waals surface area contributed by atoms with Crippen molar-refractivity contribution in [3.05, 3.63) is 0 Å². The molecule has 1 aliphatic rings. The Hall–Kier alpha value is -0.770. The molecule has 4 heteroatoms. The second kappa shape index (κ2) is 5.86. The van der Waals surface area contributed by atoms with Crippen molar-refractivity contribution in [3.63, 3.8) is 0 Å². The van der Waals surface area contributed by atoms with E-state index < -0.39 is 0 Å². The van der Waals surface area contributed by atoms with Gasteiger partial charge in [-0.15, -0.1) is 0 Å². The van der Waals surface area contributed by atoms with E-state index >= 15 is 0 Å². The largest absolute Gasteiger partial charge is 0.338 e. The fourth-order valence-corrected chi connectivity index (χ4v) is 1.64. The highest BCUT2D eigenvalue weighted by Crippen LogP contribution is 2.07. The van der Waals surface area contributed by atoms with Crippen molar-refractivity contribution in [2.75, 3.05) is 26.7 Å². The van der Waals surface area contributed by atoms with E-state index in [4.69, 9.17) is 0 Å². The van der Waals surface area contributed by atoms with Crippen LogP contribution in [0.1, 0.15) is 26.2 Å². The lowest BCUT2D eigenvalue weighted by molar-refractivity contribution is 0.210. The number of carbonyl (C=O) groups excluding carboxylic acids is 1. The van der Waals surface area contributed by atoms with Crippen molar-refractivity contribution in [2.45, 2.75) is 32.2 Å². The third kappa shape index (κ3) is 3.54. The van der Waals surface area contributed by atoms with E-state index in [0.717, 1.165) is 26.1 Å². The van der Waals surface area contributed by atoms with Crippen LogP contribution in [0.15, 0.2) is 0 Å². The molecule has 0 saturated carbocycles. The number of nitrogens with zero attached hydrogens (tertiary/aromatic N) is 1. The Labute approximate surface area is 86.0 Å². The van der Waals surface area contributed by atoms with Gasteiger partial charge in [0, 0.05) is 26.2 Å². The van der Waals surface area contributed by atoms with E-state index in [9.17, 15) is 4.79 Å². The molecule has 0 aromatic rings. The monoisotopic (exact) mass is 199 g/mol. The fraction of sp³-hybridized carbons (Fsp3) is 0.900. The summed E-state index contributed by atoms with van der Waals surface area (Å²) in [5.41, 5.74) is 0. The highest BCUT2D eigenvalue weighted by Gasteiger charge is 2.13. The predicted octanol–water partition coefficient (Wildman–Crippen LogP) is 0.790. The first-order valence-electron chi connectivity index (χ1n) is 5.46. The van der Waals surface area contributed by atoms with Crippen molar-refractivity contribution in [1.82, 2.24) is 15.5 Å². The Morgan fingerprint density at radius 3 is 3.00 bits per heavy atom. The molecule has 0 aromatic carbocycles. The lowest BCUT2D eigenvalue weighted by Gasteiger charge is -2.16. The second-order valence-electron chi connectivity index (χ2n) is 3.83. The SMILES string of the molecule is CCN(C)C(=O)NCC[C@@H]1CCCN1. The van der Waals surface area contributed by atoms with E-state index in [-0.39, 0.29) is 6.03 Å². The number of amides is 2. The van der Waals surface area contributed by atoms with Gasteiger partial charge < -0.3 is 15.5 Å². The Balaban J connectivity index is 2.05. The van der Waals surface area contributed by atoms with E-state index in [2.05, 4.69) is 10.6 Å². The molecular weight excluding hydrogens is 178 g/mol. The molecule has 1 aliphatic heterocycles. The van der Waals surface area contributed by atoms with Gasteiger partial charge in [0.1, 0.15) is 0 Å². The standard InChI is InChI=1S/C10H21N3O/c1-3-13(2)10(14)12-8-6-9-5-4-7-11-9/h9,11H,3-8H2,1-2H3,(H,12,14)/t9-/m0/s1. The zero-order valence-corrected chi connectivity index (χ0v) is 9.18. The van der Waals surface area contributed by atoms with Crippen LogP contribution >= 0.6 is 0 Å². The van der Waals surface area contributed by atoms with Gasteiger partial charge in [-0.25, -0.2) is 4.79 Å². The summed E-state index contributed by atoms with van der Waals surface area (Å²) in [6.07, 6.45) is 3.57. The van der Waals surface area contributed by atoms with E-state index in [0.29, 0.717) is 6.04 Å². The molecule has 0 bridgehead atoms. The van der Waals surface area contributed by atoms with Crippen LogP contribution in [0, 0.1) is 0 Å². The first kappa shape index (κ1) is 11.3. The van der Waals surface area contributed by atoms with Gasteiger partial charge in [-0.1, -0.05) is 0 Å². The van der Waals surface area contributed by atoms with Crippen LogP contribution in [0.25, 0.3) is 0 Å². The molecule has 1 rings (SSSR count). The Morgan fingerprint density at radius 1 is 1.64 bits per heavy atom. The summed E-state index contributed by atoms with van der Waals surface area (Å²) in [5, 5.41) is 6.32. The van der Waals surface area contributed by atoms with Crippen molar-refractivity contribution in [3.8, 4) is 0 Å². The molecule has 0 aliphatic carbocycles. The van der Waals surface area contributed by atoms with Gasteiger partial charge >= 0.3 is 6.03 Å². The summed E-state index contributed by atoms with van der Waals surface area (Å²) in [7, 11) is 1.81. The summed E-state index contributed by atoms with van der Waals surface area (Å²) >= 11 is 0. The number of nitrogens with one attached hydrogen (secondary N) is 2. The van der Waals surface area contributed by atoms with Crippen LogP contribution in [-0.4, -0.2) is 43.7 Å². The van der Waals surface area contributed by atoms with E-state index in [1.54, 1.807) is 4.90 Å². The van der Waals surface area contributed by atoms with Gasteiger partial charge in [-0.3, -0.25) is 0 Å². The zero-order valence-electron chi connectivity index (χ0n) is 9.18. The summed E-state index contributed by atoms with van der Waals surface area (Å²) in [5.74, 6) is 0. The fourth-order valence-electron chi connectivity index (χ4n) is 1.64. The Bertz CT molecular complexity index is 178. The van der Waals surface area contributed by atoms with Crippen LogP contribution in [0.3, 0.4) is 0 Å². The summed E-state index contributed by atoms with van der Waals surface area (Å²) < 4.78 is 0. The molecule has 1 saturated heterocycles. The quantitative estimate of drug-likeness (QED) is 0.703. The maximum absolute atomic E-state index is 11.3. The minimum atomic E-state index is 0.0329. The second-order valence-corrected chi connectivity index (χ2v) is 3.83. The number of urea groups is 1. The smallest absolute Gasteiger partial charge is 0.317 e. The molecule has 2 amide bonds. The van der Waals surface area contributed by atoms with Gasteiger partial charge in [-0.2, -0.15) is 0 Å². The number of rotatable bonds is 4. The normalized spacial score (nSPS) is 20.9. The average Bonchev–Trinajstić information content (AvgIpc) is 2.69. The first-order chi connectivity index (χ1) is 6.74. The van der Waals surface area contributed by atoms with Gasteiger partial charge in [0.2, 0.25) is 0 Å². The van der Waals surface area contributed by atoms with Crippen LogP contribution in [0.4, 0.5) is 4.79 Å². The third-order valence-corrected chi connectivity index (χ3v) is 2.75. The maximum Gasteiger partial charge on any atom is 0.317 e. The average molecular weight is 199 g/mol. The number of carbonyl (C=O) groups is 1. The molecular formula is C10H21N3O. The van der Waals surface area contributed by atoms with Crippen LogP contribution < -0.4 is 10.6 Å². The highest BCUT2D eigenvalue weighted by molar-refractivity contribution is 5.73. The van der Waals surface area contributed by atoms with Crippen LogP contribution in [-0.2, 0) is 0 Å². The summed E-state index contributed by atoms with van der Waals surface area (Å²) in [6, 6.07) is 0.646. The van der Waals surface area contributed by atoms with E-state index in [1.807, 2.05) is 14.0 Å². The van der Waals surface area contributed by atoms with Gasteiger partial charge in [0.15, 0.2) is 0 Å². The Kier molecular flexibility index (Phi) is 4.73. The summed E-state index contributed by atoms with van der Waals surface area (Å²) in [6.45, 7) is 4.64. The predicted molar refractivity (Wildman–Crippen MR) is 57.3 cm³/mol. The number of hydrogen-bond acceptors (Lipinski definition) is 2. The van der Waals surface area contributed by atoms with Crippen molar-refractivity contribution in [2.24, 2.45) is 0 Å². The minimum Gasteiger partial charge on any atom is -0.338 e. The van der Waals surface area contributed by atoms with Crippen molar-refractivity contribution >= 4 is 6.03 Å². The van der Waals surface area contributed by atoms with Crippen LogP contribution in [0.2, 0.25) is 0 Å². The molecule has 82 valence electrons. The van der Waals surface area contributed by atoms with Gasteiger partial charge in [0.05, 0.1) is 0 Å². The molecule has 4 nitrogen and oxygen atoms in total.